The smallest absolute Gasteiger partial charge is 0.240 e. The largest absolute Gasteiger partial charge is 0.368 e. The van der Waals surface area contributed by atoms with Gasteiger partial charge in [0.1, 0.15) is 6.04 Å². The Morgan fingerprint density at radius 3 is 2.10 bits per heavy atom. The van der Waals surface area contributed by atoms with Crippen LogP contribution < -0.4 is 11.1 Å². The number of rotatable bonds is 4. The summed E-state index contributed by atoms with van der Waals surface area (Å²) in [5.74, 6) is 3.98. The summed E-state index contributed by atoms with van der Waals surface area (Å²) in [4.78, 5) is 24.1. The fourth-order valence-corrected chi connectivity index (χ4v) is 5.04. The minimum absolute atomic E-state index is 0.00986. The van der Waals surface area contributed by atoms with Gasteiger partial charge in [-0.3, -0.25) is 9.59 Å². The molecule has 4 rings (SSSR count). The summed E-state index contributed by atoms with van der Waals surface area (Å²) in [6.07, 6.45) is 12.2. The highest BCUT2D eigenvalue weighted by Gasteiger charge is 2.54. The van der Waals surface area contributed by atoms with E-state index in [1.54, 1.807) is 0 Å². The Morgan fingerprint density at radius 1 is 1.20 bits per heavy atom. The Morgan fingerprint density at radius 2 is 1.70 bits per heavy atom. The molecule has 108 valence electrons. The van der Waals surface area contributed by atoms with E-state index < -0.39 is 11.9 Å². The number of carbonyl (C=O) groups excluding carboxylic acids is 2. The van der Waals surface area contributed by atoms with E-state index >= 15 is 0 Å². The molecule has 4 nitrogen and oxygen atoms in total. The van der Waals surface area contributed by atoms with E-state index in [4.69, 9.17) is 12.2 Å². The van der Waals surface area contributed by atoms with Crippen molar-refractivity contribution in [2.45, 2.75) is 51.0 Å². The molecule has 0 heterocycles. The van der Waals surface area contributed by atoms with E-state index in [-0.39, 0.29) is 17.7 Å². The van der Waals surface area contributed by atoms with Crippen LogP contribution in [-0.4, -0.2) is 17.9 Å². The summed E-state index contributed by atoms with van der Waals surface area (Å²) in [5, 5.41) is 2.82. The molecule has 0 aromatic rings. The second kappa shape index (κ2) is 4.80. The van der Waals surface area contributed by atoms with Crippen LogP contribution >= 0.6 is 0 Å². The lowest BCUT2D eigenvalue weighted by molar-refractivity contribution is -0.148. The molecule has 0 aromatic carbocycles. The van der Waals surface area contributed by atoms with Crippen LogP contribution in [-0.2, 0) is 9.59 Å². The molecule has 0 unspecified atom stereocenters. The van der Waals surface area contributed by atoms with Crippen LogP contribution in [0.5, 0.6) is 0 Å². The summed E-state index contributed by atoms with van der Waals surface area (Å²) in [7, 11) is 0. The highest BCUT2D eigenvalue weighted by atomic mass is 16.2. The van der Waals surface area contributed by atoms with Gasteiger partial charge in [-0.2, -0.15) is 0 Å². The quantitative estimate of drug-likeness (QED) is 0.756. The molecule has 0 aromatic heterocycles. The minimum Gasteiger partial charge on any atom is -0.368 e. The van der Waals surface area contributed by atoms with Crippen LogP contribution in [0.25, 0.3) is 0 Å². The predicted octanol–water partition coefficient (Wildman–Crippen LogP) is 1.20. The van der Waals surface area contributed by atoms with Gasteiger partial charge in [-0.25, -0.2) is 0 Å². The van der Waals surface area contributed by atoms with Crippen molar-refractivity contribution in [1.29, 1.82) is 0 Å². The van der Waals surface area contributed by atoms with E-state index in [1.807, 2.05) is 0 Å². The van der Waals surface area contributed by atoms with Gasteiger partial charge in [0.15, 0.2) is 0 Å². The third-order valence-corrected chi connectivity index (χ3v) is 5.49. The fraction of sp³-hybridized carbons (Fsp3) is 0.750. The molecule has 4 bridgehead atoms. The van der Waals surface area contributed by atoms with Crippen LogP contribution in [0, 0.1) is 35.5 Å². The molecule has 4 heteroatoms. The molecule has 3 N–H and O–H groups in total. The molecule has 0 spiro atoms. The Kier molecular flexibility index (Phi) is 3.24. The standard InChI is InChI=1S/C16H22N2O2/c1-2-3-13(14(17)19)18-15(20)16-7-10-4-11(8-16)6-12(5-10)9-16/h1,10-13H,3-9H2,(H2,17,19)(H,18,20)/t10?,11?,12?,13-,16?/m0/s1. The number of terminal acetylenes is 1. The Labute approximate surface area is 119 Å². The van der Waals surface area contributed by atoms with Crippen molar-refractivity contribution in [3.8, 4) is 12.3 Å². The van der Waals surface area contributed by atoms with Crippen molar-refractivity contribution in [1.82, 2.24) is 5.32 Å². The first-order valence-corrected chi connectivity index (χ1v) is 7.56. The minimum atomic E-state index is -0.722. The number of carbonyl (C=O) groups is 2. The zero-order valence-electron chi connectivity index (χ0n) is 11.7. The van der Waals surface area contributed by atoms with Crippen LogP contribution in [0.2, 0.25) is 0 Å². The Balaban J connectivity index is 1.73. The number of hydrogen-bond donors (Lipinski definition) is 2. The molecule has 20 heavy (non-hydrogen) atoms. The van der Waals surface area contributed by atoms with Gasteiger partial charge in [0.25, 0.3) is 0 Å². The molecule has 4 fully saturated rings. The van der Waals surface area contributed by atoms with Crippen LogP contribution in [0.15, 0.2) is 0 Å². The molecule has 1 atom stereocenters. The lowest BCUT2D eigenvalue weighted by Crippen LogP contribution is -2.56. The second-order valence-electron chi connectivity index (χ2n) is 7.03. The monoisotopic (exact) mass is 274 g/mol. The van der Waals surface area contributed by atoms with E-state index in [0.29, 0.717) is 17.8 Å². The summed E-state index contributed by atoms with van der Waals surface area (Å²) in [6.45, 7) is 0. The average molecular weight is 274 g/mol. The highest BCUT2D eigenvalue weighted by molar-refractivity contribution is 5.89. The highest BCUT2D eigenvalue weighted by Crippen LogP contribution is 2.60. The summed E-state index contributed by atoms with van der Waals surface area (Å²) < 4.78 is 0. The third kappa shape index (κ3) is 2.19. The molecule has 4 saturated carbocycles. The molecule has 2 amide bonds. The fourth-order valence-electron chi connectivity index (χ4n) is 5.04. The van der Waals surface area contributed by atoms with Gasteiger partial charge in [0.2, 0.25) is 11.8 Å². The van der Waals surface area contributed by atoms with Crippen LogP contribution in [0.3, 0.4) is 0 Å². The number of amides is 2. The zero-order valence-corrected chi connectivity index (χ0v) is 11.7. The van der Waals surface area contributed by atoms with E-state index in [0.717, 1.165) is 19.3 Å². The normalized spacial score (nSPS) is 39.0. The van der Waals surface area contributed by atoms with Crippen molar-refractivity contribution in [2.24, 2.45) is 28.9 Å². The first-order valence-electron chi connectivity index (χ1n) is 7.56. The number of hydrogen-bond acceptors (Lipinski definition) is 2. The molecule has 0 saturated heterocycles. The van der Waals surface area contributed by atoms with Crippen LogP contribution in [0.4, 0.5) is 0 Å². The zero-order chi connectivity index (χ0) is 14.3. The predicted molar refractivity (Wildman–Crippen MR) is 75.2 cm³/mol. The molecular formula is C16H22N2O2. The average Bonchev–Trinajstić information content (AvgIpc) is 2.36. The van der Waals surface area contributed by atoms with Crippen LogP contribution in [0.1, 0.15) is 44.9 Å². The molecular weight excluding hydrogens is 252 g/mol. The SMILES string of the molecule is C#CC[C@H](NC(=O)C12CC3CC(CC(C3)C1)C2)C(N)=O. The summed E-state index contributed by atoms with van der Waals surface area (Å²) in [6, 6.07) is -0.722. The maximum absolute atomic E-state index is 12.7. The Bertz CT molecular complexity index is 442. The van der Waals surface area contributed by atoms with E-state index in [2.05, 4.69) is 11.2 Å². The van der Waals surface area contributed by atoms with E-state index in [9.17, 15) is 9.59 Å². The molecule has 4 aliphatic carbocycles. The third-order valence-electron chi connectivity index (χ3n) is 5.49. The molecule has 4 aliphatic rings. The number of primary amides is 1. The Hall–Kier alpha value is -1.50. The van der Waals surface area contributed by atoms with Crippen molar-refractivity contribution in [3.63, 3.8) is 0 Å². The lowest BCUT2D eigenvalue weighted by atomic mass is 9.49. The first-order chi connectivity index (χ1) is 9.52. The van der Waals surface area contributed by atoms with Gasteiger partial charge in [0.05, 0.1) is 0 Å². The second-order valence-corrected chi connectivity index (χ2v) is 7.03. The van der Waals surface area contributed by atoms with Gasteiger partial charge in [-0.05, 0) is 56.3 Å². The van der Waals surface area contributed by atoms with Gasteiger partial charge >= 0.3 is 0 Å². The summed E-state index contributed by atoms with van der Waals surface area (Å²) in [5.41, 5.74) is 5.06. The van der Waals surface area contributed by atoms with Gasteiger partial charge in [-0.1, -0.05) is 0 Å². The van der Waals surface area contributed by atoms with E-state index in [1.165, 1.54) is 19.3 Å². The maximum Gasteiger partial charge on any atom is 0.240 e. The topological polar surface area (TPSA) is 72.2 Å². The number of nitrogens with one attached hydrogen (secondary N) is 1. The van der Waals surface area contributed by atoms with Gasteiger partial charge in [-0.15, -0.1) is 12.3 Å². The van der Waals surface area contributed by atoms with Crippen molar-refractivity contribution in [2.75, 3.05) is 0 Å². The van der Waals surface area contributed by atoms with Crippen molar-refractivity contribution in [3.05, 3.63) is 0 Å². The molecule has 0 radical (unpaired) electrons. The molecule has 0 aliphatic heterocycles. The van der Waals surface area contributed by atoms with Crippen molar-refractivity contribution < 1.29 is 9.59 Å². The first kappa shape index (κ1) is 13.5. The number of nitrogens with two attached hydrogens (primary N) is 1. The maximum atomic E-state index is 12.7. The van der Waals surface area contributed by atoms with Gasteiger partial charge in [0, 0.05) is 11.8 Å². The lowest BCUT2D eigenvalue weighted by Gasteiger charge is -2.55. The summed E-state index contributed by atoms with van der Waals surface area (Å²) >= 11 is 0. The van der Waals surface area contributed by atoms with Gasteiger partial charge < -0.3 is 11.1 Å². The van der Waals surface area contributed by atoms with Crippen molar-refractivity contribution >= 4 is 11.8 Å².